The number of alkyl halides is 3. The summed E-state index contributed by atoms with van der Waals surface area (Å²) in [5.41, 5.74) is 8.10. The van der Waals surface area contributed by atoms with E-state index in [4.69, 9.17) is 11.6 Å². The number of likely N-dealkylation sites (tertiary alicyclic amines) is 1. The Balaban J connectivity index is 1.63. The molecule has 1 aliphatic carbocycles. The van der Waals surface area contributed by atoms with Gasteiger partial charge in [0.1, 0.15) is 11.7 Å². The van der Waals surface area contributed by atoms with Crippen LogP contribution in [0.2, 0.25) is 5.15 Å². The van der Waals surface area contributed by atoms with Crippen LogP contribution >= 0.6 is 11.6 Å². The molecular weight excluding hydrogens is 381 g/mol. The first-order chi connectivity index (χ1) is 12.7. The van der Waals surface area contributed by atoms with Gasteiger partial charge in [-0.15, -0.1) is 0 Å². The minimum atomic E-state index is -4.41. The Morgan fingerprint density at radius 3 is 2.85 bits per heavy atom. The van der Waals surface area contributed by atoms with Crippen LogP contribution in [0, 0.1) is 18.8 Å². The molecule has 5 atom stereocenters. The molecule has 3 fully saturated rings. The van der Waals surface area contributed by atoms with E-state index in [1.165, 1.54) is 0 Å². The molecule has 2 aliphatic heterocycles. The van der Waals surface area contributed by atoms with E-state index < -0.39 is 30.6 Å². The first-order valence-corrected chi connectivity index (χ1v) is 9.60. The Hall–Kier alpha value is -1.38. The largest absolute Gasteiger partial charge is 0.406 e. The summed E-state index contributed by atoms with van der Waals surface area (Å²) >= 11 is 5.94. The van der Waals surface area contributed by atoms with E-state index in [1.807, 2.05) is 6.92 Å². The van der Waals surface area contributed by atoms with Crippen molar-refractivity contribution in [1.82, 2.24) is 20.7 Å². The average Bonchev–Trinajstić information content (AvgIpc) is 3.07. The lowest BCUT2D eigenvalue weighted by Gasteiger charge is -2.50. The Morgan fingerprint density at radius 2 is 2.15 bits per heavy atom. The standard InChI is InChI=1S/C18H22ClF3N4O/c1-9-4-15(19)23-6-12(9)10-2-3-11-14(5-10)26(8-18(20,21)22)17(27)13-7-24-25-16(11)13/h4,6,10-11,13-14,16,24-25H,2-3,5,7-8H2,1H3. The van der Waals surface area contributed by atoms with Crippen molar-refractivity contribution >= 4 is 17.5 Å². The fraction of sp³-hybridized carbons (Fsp3) is 0.667. The summed E-state index contributed by atoms with van der Waals surface area (Å²) in [5, 5.41) is 0.403. The number of rotatable bonds is 2. The molecule has 0 radical (unpaired) electrons. The fourth-order valence-corrected chi connectivity index (χ4v) is 5.33. The molecule has 1 saturated carbocycles. The van der Waals surface area contributed by atoms with Gasteiger partial charge in [-0.2, -0.15) is 13.2 Å². The summed E-state index contributed by atoms with van der Waals surface area (Å²) < 4.78 is 39.6. The van der Waals surface area contributed by atoms with Crippen molar-refractivity contribution in [2.75, 3.05) is 13.1 Å². The third-order valence-corrected chi connectivity index (χ3v) is 6.47. The number of piperidine rings is 1. The van der Waals surface area contributed by atoms with Crippen LogP contribution < -0.4 is 10.9 Å². The number of aryl methyl sites for hydroxylation is 1. The molecule has 1 amide bonds. The first kappa shape index (κ1) is 19.0. The molecule has 148 valence electrons. The van der Waals surface area contributed by atoms with Gasteiger partial charge in [0.2, 0.25) is 5.91 Å². The molecule has 27 heavy (non-hydrogen) atoms. The number of pyridine rings is 1. The summed E-state index contributed by atoms with van der Waals surface area (Å²) in [6.07, 6.45) is -0.530. The minimum absolute atomic E-state index is 0.0156. The number of halogens is 4. The summed E-state index contributed by atoms with van der Waals surface area (Å²) in [4.78, 5) is 18.0. The molecular formula is C18H22ClF3N4O. The second-order valence-electron chi connectivity index (χ2n) is 7.84. The van der Waals surface area contributed by atoms with E-state index in [0.29, 0.717) is 18.1 Å². The highest BCUT2D eigenvalue weighted by Crippen LogP contribution is 2.45. The lowest BCUT2D eigenvalue weighted by Crippen LogP contribution is -2.63. The highest BCUT2D eigenvalue weighted by atomic mass is 35.5. The Labute approximate surface area is 160 Å². The Kier molecular flexibility index (Phi) is 4.84. The number of hydrazine groups is 1. The highest BCUT2D eigenvalue weighted by molar-refractivity contribution is 6.29. The Morgan fingerprint density at radius 1 is 1.37 bits per heavy atom. The molecule has 3 aliphatic rings. The lowest BCUT2D eigenvalue weighted by atomic mass is 9.67. The zero-order valence-corrected chi connectivity index (χ0v) is 15.6. The fourth-order valence-electron chi connectivity index (χ4n) is 5.11. The summed E-state index contributed by atoms with van der Waals surface area (Å²) in [7, 11) is 0. The van der Waals surface area contributed by atoms with Gasteiger partial charge in [-0.05, 0) is 55.2 Å². The van der Waals surface area contributed by atoms with Gasteiger partial charge in [0.05, 0.1) is 5.92 Å². The summed E-state index contributed by atoms with van der Waals surface area (Å²) in [6.45, 7) is 1.14. The van der Waals surface area contributed by atoms with Crippen molar-refractivity contribution in [3.8, 4) is 0 Å². The van der Waals surface area contributed by atoms with Gasteiger partial charge in [0, 0.05) is 24.8 Å². The molecule has 1 aromatic rings. The van der Waals surface area contributed by atoms with E-state index in [0.717, 1.165) is 28.9 Å². The van der Waals surface area contributed by atoms with E-state index in [9.17, 15) is 18.0 Å². The minimum Gasteiger partial charge on any atom is -0.330 e. The molecule has 5 nitrogen and oxygen atoms in total. The molecule has 3 heterocycles. The SMILES string of the molecule is Cc1cc(Cl)ncc1C1CCC2C3NNCC3C(=O)N(CC(F)(F)F)C2C1. The summed E-state index contributed by atoms with van der Waals surface area (Å²) in [6, 6.07) is 1.25. The van der Waals surface area contributed by atoms with E-state index in [2.05, 4.69) is 15.8 Å². The van der Waals surface area contributed by atoms with Gasteiger partial charge in [-0.3, -0.25) is 15.6 Å². The zero-order chi connectivity index (χ0) is 19.3. The number of carbonyl (C=O) groups excluding carboxylic acids is 1. The van der Waals surface area contributed by atoms with Crippen LogP contribution in [-0.4, -0.2) is 47.1 Å². The van der Waals surface area contributed by atoms with Crippen molar-refractivity contribution < 1.29 is 18.0 Å². The van der Waals surface area contributed by atoms with Gasteiger partial charge in [-0.25, -0.2) is 4.98 Å². The van der Waals surface area contributed by atoms with E-state index >= 15 is 0 Å². The monoisotopic (exact) mass is 402 g/mol. The maximum atomic E-state index is 13.2. The number of hydrogen-bond donors (Lipinski definition) is 2. The van der Waals surface area contributed by atoms with Crippen molar-refractivity contribution in [3.63, 3.8) is 0 Å². The number of aromatic nitrogens is 1. The highest BCUT2D eigenvalue weighted by Gasteiger charge is 2.54. The maximum Gasteiger partial charge on any atom is 0.406 e. The number of fused-ring (bicyclic) bond motifs is 3. The van der Waals surface area contributed by atoms with Gasteiger partial charge < -0.3 is 4.90 Å². The topological polar surface area (TPSA) is 57.3 Å². The third-order valence-electron chi connectivity index (χ3n) is 6.26. The van der Waals surface area contributed by atoms with Crippen molar-refractivity contribution in [2.45, 2.75) is 50.4 Å². The molecule has 9 heteroatoms. The predicted molar refractivity (Wildman–Crippen MR) is 94.0 cm³/mol. The molecule has 1 aromatic heterocycles. The van der Waals surface area contributed by atoms with Crippen LogP contribution in [0.15, 0.2) is 12.3 Å². The van der Waals surface area contributed by atoms with Crippen LogP contribution in [0.3, 0.4) is 0 Å². The van der Waals surface area contributed by atoms with Gasteiger partial charge >= 0.3 is 6.18 Å². The quantitative estimate of drug-likeness (QED) is 0.747. The number of nitrogens with zero attached hydrogens (tertiary/aromatic N) is 2. The second-order valence-corrected chi connectivity index (χ2v) is 8.23. The normalized spacial score (nSPS) is 33.7. The first-order valence-electron chi connectivity index (χ1n) is 9.22. The molecule has 2 saturated heterocycles. The summed E-state index contributed by atoms with van der Waals surface area (Å²) in [5.74, 6) is -0.737. The van der Waals surface area contributed by atoms with Crippen LogP contribution in [0.1, 0.15) is 36.3 Å². The van der Waals surface area contributed by atoms with E-state index in [1.54, 1.807) is 12.3 Å². The second kappa shape index (κ2) is 6.90. The lowest BCUT2D eigenvalue weighted by molar-refractivity contribution is -0.178. The number of hydrogen-bond acceptors (Lipinski definition) is 4. The third kappa shape index (κ3) is 3.54. The van der Waals surface area contributed by atoms with Gasteiger partial charge in [0.15, 0.2) is 0 Å². The van der Waals surface area contributed by atoms with Gasteiger partial charge in [0.25, 0.3) is 0 Å². The van der Waals surface area contributed by atoms with E-state index in [-0.39, 0.29) is 17.9 Å². The molecule has 4 rings (SSSR count). The number of nitrogens with one attached hydrogen (secondary N) is 2. The molecule has 0 bridgehead atoms. The van der Waals surface area contributed by atoms with Crippen molar-refractivity contribution in [3.05, 3.63) is 28.5 Å². The number of carbonyl (C=O) groups is 1. The van der Waals surface area contributed by atoms with Crippen LogP contribution in [0.25, 0.3) is 0 Å². The Bertz CT molecular complexity index is 744. The number of amides is 1. The molecule has 0 spiro atoms. The van der Waals surface area contributed by atoms with Gasteiger partial charge in [-0.1, -0.05) is 11.6 Å². The maximum absolute atomic E-state index is 13.2. The molecule has 0 aromatic carbocycles. The average molecular weight is 403 g/mol. The van der Waals surface area contributed by atoms with Crippen LogP contribution in [0.5, 0.6) is 0 Å². The van der Waals surface area contributed by atoms with Crippen LogP contribution in [0.4, 0.5) is 13.2 Å². The smallest absolute Gasteiger partial charge is 0.330 e. The van der Waals surface area contributed by atoms with Crippen LogP contribution in [-0.2, 0) is 4.79 Å². The molecule has 5 unspecified atom stereocenters. The molecule has 2 N–H and O–H groups in total. The van der Waals surface area contributed by atoms with Crippen molar-refractivity contribution in [2.24, 2.45) is 11.8 Å². The van der Waals surface area contributed by atoms with Crippen molar-refractivity contribution in [1.29, 1.82) is 0 Å². The zero-order valence-electron chi connectivity index (χ0n) is 14.9. The predicted octanol–water partition coefficient (Wildman–Crippen LogP) is 2.79.